The molecule has 0 bridgehead atoms. The van der Waals surface area contributed by atoms with Gasteiger partial charge in [-0.05, 0) is 48.9 Å². The summed E-state index contributed by atoms with van der Waals surface area (Å²) >= 11 is 0. The third-order valence-corrected chi connectivity index (χ3v) is 4.26. The van der Waals surface area contributed by atoms with Crippen LogP contribution in [0.15, 0.2) is 18.2 Å². The van der Waals surface area contributed by atoms with Gasteiger partial charge in [-0.3, -0.25) is 0 Å². The molecule has 0 aromatic heterocycles. The van der Waals surface area contributed by atoms with Crippen molar-refractivity contribution in [1.29, 1.82) is 0 Å². The van der Waals surface area contributed by atoms with Crippen LogP contribution in [0.5, 0.6) is 0 Å². The lowest BCUT2D eigenvalue weighted by Crippen LogP contribution is -2.29. The minimum absolute atomic E-state index is 0.191. The third-order valence-electron chi connectivity index (χ3n) is 4.26. The fraction of sp³-hybridized carbons (Fsp3) is 0.571. The molecular weight excluding hydrogens is 212 g/mol. The van der Waals surface area contributed by atoms with Gasteiger partial charge in [0.1, 0.15) is 0 Å². The number of hydrogen-bond acceptors (Lipinski definition) is 3. The van der Waals surface area contributed by atoms with Crippen LogP contribution in [0.4, 0.5) is 5.69 Å². The Morgan fingerprint density at radius 2 is 2.24 bits per heavy atom. The monoisotopic (exact) mass is 232 g/mol. The van der Waals surface area contributed by atoms with Gasteiger partial charge in [0.05, 0.1) is 0 Å². The number of nitrogens with one attached hydrogen (secondary N) is 1. The molecule has 3 heteroatoms. The number of aryl methyl sites for hydroxylation is 1. The maximum atomic E-state index is 9.31. The largest absolute Gasteiger partial charge is 0.399 e. The summed E-state index contributed by atoms with van der Waals surface area (Å²) < 4.78 is 0. The Bertz CT molecular complexity index is 426. The van der Waals surface area contributed by atoms with E-state index >= 15 is 0 Å². The zero-order valence-electron chi connectivity index (χ0n) is 10.1. The molecule has 2 aliphatic rings. The number of aliphatic hydroxyl groups excluding tert-OH is 1. The Morgan fingerprint density at radius 3 is 2.94 bits per heavy atom. The van der Waals surface area contributed by atoms with E-state index in [9.17, 15) is 5.11 Å². The van der Waals surface area contributed by atoms with Crippen molar-refractivity contribution in [2.75, 3.05) is 18.9 Å². The number of nitrogen functional groups attached to an aromatic ring is 1. The summed E-state index contributed by atoms with van der Waals surface area (Å²) in [7, 11) is 0. The van der Waals surface area contributed by atoms with Gasteiger partial charge in [0, 0.05) is 30.3 Å². The second-order valence-corrected chi connectivity index (χ2v) is 5.59. The number of benzene rings is 1. The molecule has 3 rings (SSSR count). The van der Waals surface area contributed by atoms with Gasteiger partial charge in [0.15, 0.2) is 0 Å². The van der Waals surface area contributed by atoms with Crippen LogP contribution in [0.1, 0.15) is 36.4 Å². The molecule has 1 aromatic rings. The highest BCUT2D eigenvalue weighted by Crippen LogP contribution is 2.45. The van der Waals surface area contributed by atoms with Crippen molar-refractivity contribution in [2.24, 2.45) is 5.41 Å². The van der Waals surface area contributed by atoms with Crippen LogP contribution in [0.2, 0.25) is 0 Å². The number of anilines is 1. The van der Waals surface area contributed by atoms with Gasteiger partial charge in [0.2, 0.25) is 0 Å². The van der Waals surface area contributed by atoms with E-state index in [0.717, 1.165) is 37.9 Å². The summed E-state index contributed by atoms with van der Waals surface area (Å²) in [5.41, 5.74) is 9.63. The van der Waals surface area contributed by atoms with Gasteiger partial charge in [-0.25, -0.2) is 0 Å². The second-order valence-electron chi connectivity index (χ2n) is 5.59. The van der Waals surface area contributed by atoms with Crippen molar-refractivity contribution < 1.29 is 5.11 Å². The molecule has 1 unspecified atom stereocenters. The Morgan fingerprint density at radius 1 is 1.41 bits per heavy atom. The summed E-state index contributed by atoms with van der Waals surface area (Å²) in [5, 5.41) is 12.9. The predicted molar refractivity (Wildman–Crippen MR) is 68.7 cm³/mol. The lowest BCUT2D eigenvalue weighted by atomic mass is 10.1. The molecule has 1 fully saturated rings. The molecule has 0 heterocycles. The number of nitrogens with two attached hydrogens (primary N) is 1. The van der Waals surface area contributed by atoms with E-state index in [1.54, 1.807) is 0 Å². The van der Waals surface area contributed by atoms with Crippen LogP contribution in [-0.4, -0.2) is 18.3 Å². The molecule has 92 valence electrons. The molecule has 0 aliphatic heterocycles. The Labute approximate surface area is 102 Å². The minimum Gasteiger partial charge on any atom is -0.399 e. The van der Waals surface area contributed by atoms with E-state index in [4.69, 9.17) is 5.73 Å². The fourth-order valence-electron chi connectivity index (χ4n) is 2.76. The van der Waals surface area contributed by atoms with Gasteiger partial charge in [-0.1, -0.05) is 6.07 Å². The summed E-state index contributed by atoms with van der Waals surface area (Å²) in [6.45, 7) is 1.26. The van der Waals surface area contributed by atoms with E-state index < -0.39 is 0 Å². The summed E-state index contributed by atoms with van der Waals surface area (Å²) in [4.78, 5) is 0. The molecular formula is C14H20N2O. The SMILES string of the molecule is Nc1ccc2c(c1)CCC2NCC1(CO)CC1. The van der Waals surface area contributed by atoms with Crippen molar-refractivity contribution in [3.05, 3.63) is 29.3 Å². The van der Waals surface area contributed by atoms with Gasteiger partial charge >= 0.3 is 0 Å². The van der Waals surface area contributed by atoms with Crippen molar-refractivity contribution in [3.8, 4) is 0 Å². The van der Waals surface area contributed by atoms with Crippen molar-refractivity contribution in [2.45, 2.75) is 31.7 Å². The van der Waals surface area contributed by atoms with E-state index in [-0.39, 0.29) is 5.41 Å². The predicted octanol–water partition coefficient (Wildman–Crippen LogP) is 1.62. The Hall–Kier alpha value is -1.06. The van der Waals surface area contributed by atoms with Crippen molar-refractivity contribution >= 4 is 5.69 Å². The summed E-state index contributed by atoms with van der Waals surface area (Å²) in [6.07, 6.45) is 4.60. The van der Waals surface area contributed by atoms with Gasteiger partial charge in [-0.15, -0.1) is 0 Å². The van der Waals surface area contributed by atoms with Gasteiger partial charge in [0.25, 0.3) is 0 Å². The molecule has 2 aliphatic carbocycles. The normalized spacial score (nSPS) is 24.6. The van der Waals surface area contributed by atoms with E-state index in [1.165, 1.54) is 11.1 Å². The zero-order chi connectivity index (χ0) is 11.9. The molecule has 1 atom stereocenters. The number of aliphatic hydroxyl groups is 1. The maximum Gasteiger partial charge on any atom is 0.0499 e. The molecule has 17 heavy (non-hydrogen) atoms. The smallest absolute Gasteiger partial charge is 0.0499 e. The molecule has 0 amide bonds. The zero-order valence-corrected chi connectivity index (χ0v) is 10.1. The molecule has 1 aromatic carbocycles. The van der Waals surface area contributed by atoms with Gasteiger partial charge in [-0.2, -0.15) is 0 Å². The van der Waals surface area contributed by atoms with Gasteiger partial charge < -0.3 is 16.2 Å². The van der Waals surface area contributed by atoms with Crippen LogP contribution in [0.25, 0.3) is 0 Å². The first-order valence-electron chi connectivity index (χ1n) is 6.45. The van der Waals surface area contributed by atoms with Crippen molar-refractivity contribution in [1.82, 2.24) is 5.32 Å². The Kier molecular flexibility index (Phi) is 2.60. The number of hydrogen-bond donors (Lipinski definition) is 3. The first kappa shape index (κ1) is 11.1. The van der Waals surface area contributed by atoms with Crippen LogP contribution in [-0.2, 0) is 6.42 Å². The first-order chi connectivity index (χ1) is 8.22. The fourth-order valence-corrected chi connectivity index (χ4v) is 2.76. The average Bonchev–Trinajstić information content (AvgIpc) is 3.02. The second kappa shape index (κ2) is 4.00. The molecule has 0 radical (unpaired) electrons. The lowest BCUT2D eigenvalue weighted by molar-refractivity contribution is 0.204. The third kappa shape index (κ3) is 2.05. The highest BCUT2D eigenvalue weighted by atomic mass is 16.3. The molecule has 0 spiro atoms. The number of rotatable bonds is 4. The van der Waals surface area contributed by atoms with E-state index in [0.29, 0.717) is 12.6 Å². The van der Waals surface area contributed by atoms with Crippen LogP contribution in [0.3, 0.4) is 0 Å². The van der Waals surface area contributed by atoms with E-state index in [1.807, 2.05) is 6.07 Å². The van der Waals surface area contributed by atoms with Crippen LogP contribution in [0, 0.1) is 5.41 Å². The van der Waals surface area contributed by atoms with Crippen LogP contribution >= 0.6 is 0 Å². The lowest BCUT2D eigenvalue weighted by Gasteiger charge is -2.18. The molecule has 1 saturated carbocycles. The standard InChI is InChI=1S/C14H20N2O/c15-11-2-3-12-10(7-11)1-4-13(12)16-8-14(9-17)5-6-14/h2-3,7,13,16-17H,1,4-6,8-9,15H2. The Balaban J connectivity index is 1.67. The quantitative estimate of drug-likeness (QED) is 0.691. The maximum absolute atomic E-state index is 9.31. The highest BCUT2D eigenvalue weighted by molar-refractivity contribution is 5.47. The first-order valence-corrected chi connectivity index (χ1v) is 6.45. The molecule has 0 saturated heterocycles. The minimum atomic E-state index is 0.191. The average molecular weight is 232 g/mol. The van der Waals surface area contributed by atoms with E-state index in [2.05, 4.69) is 17.4 Å². The number of fused-ring (bicyclic) bond motifs is 1. The highest BCUT2D eigenvalue weighted by Gasteiger charge is 2.42. The van der Waals surface area contributed by atoms with Crippen LogP contribution < -0.4 is 11.1 Å². The topological polar surface area (TPSA) is 58.3 Å². The van der Waals surface area contributed by atoms with Crippen molar-refractivity contribution in [3.63, 3.8) is 0 Å². The molecule has 4 N–H and O–H groups in total. The summed E-state index contributed by atoms with van der Waals surface area (Å²) in [6, 6.07) is 6.68. The molecule has 3 nitrogen and oxygen atoms in total. The summed E-state index contributed by atoms with van der Waals surface area (Å²) in [5.74, 6) is 0.